The van der Waals surface area contributed by atoms with Crippen LogP contribution in [-0.4, -0.2) is 45.6 Å². The van der Waals surface area contributed by atoms with Gasteiger partial charge >= 0.3 is 5.97 Å². The van der Waals surface area contributed by atoms with E-state index < -0.39 is 11.9 Å². The molecule has 2 aromatic rings. The van der Waals surface area contributed by atoms with Gasteiger partial charge in [-0.15, -0.1) is 11.8 Å². The Hall–Kier alpha value is -2.87. The number of methoxy groups -OCH3 is 3. The molecule has 27 heavy (non-hydrogen) atoms. The molecule has 0 fully saturated rings. The number of hydrogen-bond donors (Lipinski definition) is 1. The van der Waals surface area contributed by atoms with E-state index in [1.165, 1.54) is 26.0 Å². The van der Waals surface area contributed by atoms with Gasteiger partial charge in [0.1, 0.15) is 17.2 Å². The van der Waals surface area contributed by atoms with Crippen LogP contribution in [0.25, 0.3) is 0 Å². The zero-order chi connectivity index (χ0) is 19.6. The molecule has 8 heteroatoms. The number of thioether (sulfide) groups is 1. The molecule has 2 aromatic carbocycles. The smallest absolute Gasteiger partial charge is 0.316 e. The maximum atomic E-state index is 12.0. The summed E-state index contributed by atoms with van der Waals surface area (Å²) >= 11 is 1.32. The van der Waals surface area contributed by atoms with Gasteiger partial charge in [-0.3, -0.25) is 9.59 Å². The minimum absolute atomic E-state index is 0.0993. The lowest BCUT2D eigenvalue weighted by Gasteiger charge is -2.12. The Balaban J connectivity index is 1.80. The topological polar surface area (TPSA) is 83.1 Å². The van der Waals surface area contributed by atoms with Gasteiger partial charge in [-0.25, -0.2) is 0 Å². The molecule has 0 radical (unpaired) electrons. The SMILES string of the molecule is COc1ccc(SCC(=O)OCC(=O)Nc2cc(OC)ccc2OC)cc1. The van der Waals surface area contributed by atoms with Gasteiger partial charge in [-0.2, -0.15) is 0 Å². The predicted molar refractivity (Wildman–Crippen MR) is 103 cm³/mol. The second-order valence-corrected chi connectivity index (χ2v) is 6.29. The molecule has 0 aliphatic rings. The average molecular weight is 391 g/mol. The van der Waals surface area contributed by atoms with Gasteiger partial charge in [0.05, 0.1) is 32.8 Å². The van der Waals surface area contributed by atoms with Gasteiger partial charge in [-0.05, 0) is 36.4 Å². The van der Waals surface area contributed by atoms with Crippen molar-refractivity contribution in [3.63, 3.8) is 0 Å². The summed E-state index contributed by atoms with van der Waals surface area (Å²) in [6, 6.07) is 12.3. The van der Waals surface area contributed by atoms with Crippen molar-refractivity contribution in [1.29, 1.82) is 0 Å². The Morgan fingerprint density at radius 3 is 2.22 bits per heavy atom. The first-order valence-electron chi connectivity index (χ1n) is 8.00. The van der Waals surface area contributed by atoms with Crippen LogP contribution in [0.3, 0.4) is 0 Å². The highest BCUT2D eigenvalue weighted by Gasteiger charge is 2.12. The Bertz CT molecular complexity index is 778. The maximum Gasteiger partial charge on any atom is 0.316 e. The summed E-state index contributed by atoms with van der Waals surface area (Å²) in [6.07, 6.45) is 0. The number of rotatable bonds is 9. The summed E-state index contributed by atoms with van der Waals surface area (Å²) in [5.74, 6) is 0.936. The van der Waals surface area contributed by atoms with E-state index in [1.807, 2.05) is 24.3 Å². The van der Waals surface area contributed by atoms with Crippen molar-refractivity contribution in [3.8, 4) is 17.2 Å². The summed E-state index contributed by atoms with van der Waals surface area (Å²) in [4.78, 5) is 24.8. The largest absolute Gasteiger partial charge is 0.497 e. The summed E-state index contributed by atoms with van der Waals surface area (Å²) < 4.78 is 20.4. The van der Waals surface area contributed by atoms with Crippen LogP contribution in [0.5, 0.6) is 17.2 Å². The third-order valence-electron chi connectivity index (χ3n) is 3.46. The molecule has 0 aliphatic carbocycles. The molecule has 1 N–H and O–H groups in total. The van der Waals surface area contributed by atoms with Crippen LogP contribution in [-0.2, 0) is 14.3 Å². The fourth-order valence-corrected chi connectivity index (χ4v) is 2.80. The molecule has 0 unspecified atom stereocenters. The number of esters is 1. The van der Waals surface area contributed by atoms with E-state index in [1.54, 1.807) is 25.3 Å². The standard InChI is InChI=1S/C19H21NO6S/c1-23-13-4-7-15(8-5-13)27-12-19(22)26-11-18(21)20-16-10-14(24-2)6-9-17(16)25-3/h4-10H,11-12H2,1-3H3,(H,20,21). The second-order valence-electron chi connectivity index (χ2n) is 5.24. The first-order valence-corrected chi connectivity index (χ1v) is 8.98. The van der Waals surface area contributed by atoms with E-state index in [9.17, 15) is 9.59 Å². The molecule has 2 rings (SSSR count). The van der Waals surface area contributed by atoms with Crippen molar-refractivity contribution < 1.29 is 28.5 Å². The molecule has 144 valence electrons. The average Bonchev–Trinajstić information content (AvgIpc) is 2.71. The monoisotopic (exact) mass is 391 g/mol. The van der Waals surface area contributed by atoms with E-state index in [2.05, 4.69) is 5.32 Å². The second kappa shape index (κ2) is 10.3. The van der Waals surface area contributed by atoms with Crippen molar-refractivity contribution in [2.24, 2.45) is 0 Å². The molecule has 1 amide bonds. The molecular formula is C19H21NO6S. The molecule has 0 spiro atoms. The van der Waals surface area contributed by atoms with Gasteiger partial charge in [0.2, 0.25) is 0 Å². The molecule has 0 atom stereocenters. The van der Waals surface area contributed by atoms with Crippen molar-refractivity contribution >= 4 is 29.3 Å². The maximum absolute atomic E-state index is 12.0. The van der Waals surface area contributed by atoms with Crippen molar-refractivity contribution in [2.75, 3.05) is 39.0 Å². The zero-order valence-corrected chi connectivity index (χ0v) is 16.1. The van der Waals surface area contributed by atoms with E-state index in [-0.39, 0.29) is 12.4 Å². The Kier molecular flexibility index (Phi) is 7.81. The summed E-state index contributed by atoms with van der Waals surface area (Å²) in [5.41, 5.74) is 0.436. The Labute approximate surface area is 161 Å². The van der Waals surface area contributed by atoms with Crippen LogP contribution in [0.4, 0.5) is 5.69 Å². The van der Waals surface area contributed by atoms with Crippen LogP contribution in [0.1, 0.15) is 0 Å². The molecule has 0 bridgehead atoms. The first-order chi connectivity index (χ1) is 13.0. The normalized spacial score (nSPS) is 10.0. The van der Waals surface area contributed by atoms with Crippen molar-refractivity contribution in [1.82, 2.24) is 0 Å². The van der Waals surface area contributed by atoms with Crippen LogP contribution in [0, 0.1) is 0 Å². The van der Waals surface area contributed by atoms with Gasteiger partial charge in [0.15, 0.2) is 6.61 Å². The molecule has 0 saturated carbocycles. The quantitative estimate of drug-likeness (QED) is 0.520. The third-order valence-corrected chi connectivity index (χ3v) is 4.45. The van der Waals surface area contributed by atoms with Crippen LogP contribution in [0.2, 0.25) is 0 Å². The number of anilines is 1. The van der Waals surface area contributed by atoms with E-state index in [0.29, 0.717) is 17.2 Å². The molecule has 7 nitrogen and oxygen atoms in total. The number of amides is 1. The highest BCUT2D eigenvalue weighted by atomic mass is 32.2. The minimum Gasteiger partial charge on any atom is -0.497 e. The molecule has 0 aliphatic heterocycles. The Morgan fingerprint density at radius 2 is 1.59 bits per heavy atom. The lowest BCUT2D eigenvalue weighted by molar-refractivity contribution is -0.144. The zero-order valence-electron chi connectivity index (χ0n) is 15.3. The molecule has 0 saturated heterocycles. The van der Waals surface area contributed by atoms with E-state index in [0.717, 1.165) is 10.6 Å². The minimum atomic E-state index is -0.483. The summed E-state index contributed by atoms with van der Waals surface area (Å²) in [5, 5.41) is 2.64. The van der Waals surface area contributed by atoms with E-state index >= 15 is 0 Å². The third kappa shape index (κ3) is 6.41. The lowest BCUT2D eigenvalue weighted by atomic mass is 10.2. The van der Waals surface area contributed by atoms with Gasteiger partial charge in [0, 0.05) is 11.0 Å². The number of benzene rings is 2. The summed E-state index contributed by atoms with van der Waals surface area (Å²) in [6.45, 7) is -0.387. The van der Waals surface area contributed by atoms with E-state index in [4.69, 9.17) is 18.9 Å². The number of carbonyl (C=O) groups excluding carboxylic acids is 2. The Morgan fingerprint density at radius 1 is 0.926 bits per heavy atom. The highest BCUT2D eigenvalue weighted by molar-refractivity contribution is 8.00. The van der Waals surface area contributed by atoms with Crippen LogP contribution >= 0.6 is 11.8 Å². The lowest BCUT2D eigenvalue weighted by Crippen LogP contribution is -2.22. The van der Waals surface area contributed by atoms with Crippen LogP contribution in [0.15, 0.2) is 47.4 Å². The van der Waals surface area contributed by atoms with Crippen molar-refractivity contribution in [2.45, 2.75) is 4.90 Å². The van der Waals surface area contributed by atoms with Gasteiger partial charge in [0.25, 0.3) is 5.91 Å². The number of carbonyl (C=O) groups is 2. The fraction of sp³-hybridized carbons (Fsp3) is 0.263. The summed E-state index contributed by atoms with van der Waals surface area (Å²) in [7, 11) is 4.61. The first kappa shape index (κ1) is 20.4. The predicted octanol–water partition coefficient (Wildman–Crippen LogP) is 2.99. The van der Waals surface area contributed by atoms with Gasteiger partial charge in [-0.1, -0.05) is 0 Å². The molecule has 0 heterocycles. The van der Waals surface area contributed by atoms with Crippen molar-refractivity contribution in [3.05, 3.63) is 42.5 Å². The van der Waals surface area contributed by atoms with Crippen LogP contribution < -0.4 is 19.5 Å². The molecule has 0 aromatic heterocycles. The number of hydrogen-bond acceptors (Lipinski definition) is 7. The highest BCUT2D eigenvalue weighted by Crippen LogP contribution is 2.28. The number of nitrogens with one attached hydrogen (secondary N) is 1. The van der Waals surface area contributed by atoms with Gasteiger partial charge < -0.3 is 24.3 Å². The fourth-order valence-electron chi connectivity index (χ4n) is 2.10. The number of ether oxygens (including phenoxy) is 4. The molecular weight excluding hydrogens is 370 g/mol.